The van der Waals surface area contributed by atoms with Crippen LogP contribution in [-0.4, -0.2) is 36.4 Å². The molecule has 39 heavy (non-hydrogen) atoms. The summed E-state index contributed by atoms with van der Waals surface area (Å²) in [6.45, 7) is 23.2. The molecule has 0 saturated carbocycles. The fourth-order valence-electron chi connectivity index (χ4n) is 3.81. The minimum Gasteiger partial charge on any atom is -0.488 e. The van der Waals surface area contributed by atoms with Gasteiger partial charge in [-0.1, -0.05) is 51.3 Å². The number of esters is 2. The highest BCUT2D eigenvalue weighted by molar-refractivity contribution is 5.87. The predicted molar refractivity (Wildman–Crippen MR) is 155 cm³/mol. The van der Waals surface area contributed by atoms with Gasteiger partial charge in [0.1, 0.15) is 22.7 Å². The number of ether oxygens (including phenoxy) is 4. The van der Waals surface area contributed by atoms with Gasteiger partial charge in [-0.2, -0.15) is 0 Å². The maximum atomic E-state index is 11.6. The maximum absolute atomic E-state index is 11.6. The Kier molecular flexibility index (Phi) is 10.6. The first-order chi connectivity index (χ1) is 18.0. The number of carbonyl (C=O) groups is 2. The Morgan fingerprint density at radius 3 is 1.21 bits per heavy atom. The summed E-state index contributed by atoms with van der Waals surface area (Å²) in [5.41, 5.74) is 1.83. The van der Waals surface area contributed by atoms with E-state index in [1.54, 1.807) is 13.8 Å². The van der Waals surface area contributed by atoms with Crippen LogP contribution in [0.3, 0.4) is 0 Å². The van der Waals surface area contributed by atoms with Gasteiger partial charge in [-0.3, -0.25) is 0 Å². The Morgan fingerprint density at radius 2 is 0.923 bits per heavy atom. The second kappa shape index (κ2) is 13.0. The Labute approximate surface area is 234 Å². The average molecular weight is 537 g/mol. The van der Waals surface area contributed by atoms with E-state index in [4.69, 9.17) is 18.9 Å². The molecule has 0 unspecified atom stereocenters. The molecule has 0 saturated heterocycles. The van der Waals surface area contributed by atoms with Crippen LogP contribution in [0.5, 0.6) is 11.5 Å². The third kappa shape index (κ3) is 9.93. The van der Waals surface area contributed by atoms with Gasteiger partial charge in [0, 0.05) is 29.4 Å². The molecule has 6 nitrogen and oxygen atoms in total. The summed E-state index contributed by atoms with van der Waals surface area (Å²) in [7, 11) is 0. The molecule has 212 valence electrons. The fraction of sp³-hybridized carbons (Fsp3) is 0.455. The van der Waals surface area contributed by atoms with E-state index in [1.807, 2.05) is 52.0 Å². The van der Waals surface area contributed by atoms with Crippen molar-refractivity contribution >= 4 is 11.9 Å². The summed E-state index contributed by atoms with van der Waals surface area (Å²) in [6.07, 6.45) is 1.12. The van der Waals surface area contributed by atoms with Gasteiger partial charge < -0.3 is 18.9 Å². The smallest absolute Gasteiger partial charge is 0.333 e. The molecule has 0 aliphatic rings. The maximum Gasteiger partial charge on any atom is 0.333 e. The van der Waals surface area contributed by atoms with Crippen LogP contribution in [-0.2, 0) is 24.5 Å². The summed E-state index contributed by atoms with van der Waals surface area (Å²) >= 11 is 0. The van der Waals surface area contributed by atoms with E-state index >= 15 is 0 Å². The van der Waals surface area contributed by atoms with Crippen molar-refractivity contribution in [3.05, 3.63) is 84.0 Å². The zero-order chi connectivity index (χ0) is 29.4. The van der Waals surface area contributed by atoms with Crippen molar-refractivity contribution in [3.63, 3.8) is 0 Å². The van der Waals surface area contributed by atoms with Crippen LogP contribution in [0.15, 0.2) is 72.8 Å². The molecular weight excluding hydrogens is 492 g/mol. The number of hydrogen-bond acceptors (Lipinski definition) is 6. The van der Waals surface area contributed by atoms with Gasteiger partial charge in [-0.25, -0.2) is 9.59 Å². The van der Waals surface area contributed by atoms with Crippen molar-refractivity contribution in [1.29, 1.82) is 0 Å². The molecule has 2 rings (SSSR count). The minimum absolute atomic E-state index is 0.240. The van der Waals surface area contributed by atoms with Gasteiger partial charge in [-0.15, -0.1) is 0 Å². The van der Waals surface area contributed by atoms with Gasteiger partial charge in [-0.05, 0) is 76.9 Å². The van der Waals surface area contributed by atoms with Crippen molar-refractivity contribution in [2.45, 2.75) is 84.8 Å². The molecule has 0 amide bonds. The molecule has 2 aromatic carbocycles. The van der Waals surface area contributed by atoms with Crippen LogP contribution in [0, 0.1) is 0 Å². The van der Waals surface area contributed by atoms with Crippen molar-refractivity contribution in [1.82, 2.24) is 0 Å². The third-order valence-electron chi connectivity index (χ3n) is 6.51. The van der Waals surface area contributed by atoms with Gasteiger partial charge in [0.2, 0.25) is 0 Å². The van der Waals surface area contributed by atoms with Gasteiger partial charge in [0.05, 0.1) is 13.2 Å². The molecule has 6 heteroatoms. The van der Waals surface area contributed by atoms with Crippen molar-refractivity contribution in [3.8, 4) is 11.5 Å². The molecule has 0 spiro atoms. The van der Waals surface area contributed by atoms with Crippen LogP contribution in [0.4, 0.5) is 0 Å². The van der Waals surface area contributed by atoms with Crippen LogP contribution in [0.25, 0.3) is 0 Å². The van der Waals surface area contributed by atoms with E-state index in [9.17, 15) is 9.59 Å². The Bertz CT molecular complexity index is 1060. The first-order valence-corrected chi connectivity index (χ1v) is 13.3. The number of rotatable bonds is 14. The Morgan fingerprint density at radius 1 is 0.615 bits per heavy atom. The molecule has 0 aliphatic heterocycles. The lowest BCUT2D eigenvalue weighted by molar-refractivity contribution is -0.140. The van der Waals surface area contributed by atoms with Crippen LogP contribution < -0.4 is 9.47 Å². The molecule has 0 aliphatic carbocycles. The highest BCUT2D eigenvalue weighted by Gasteiger charge is 2.26. The molecule has 0 aromatic heterocycles. The normalized spacial score (nSPS) is 11.9. The molecule has 0 radical (unpaired) electrons. The summed E-state index contributed by atoms with van der Waals surface area (Å²) in [5, 5.41) is 0. The van der Waals surface area contributed by atoms with Gasteiger partial charge >= 0.3 is 11.9 Å². The van der Waals surface area contributed by atoms with Gasteiger partial charge in [0.25, 0.3) is 0 Å². The van der Waals surface area contributed by atoms with Crippen LogP contribution in [0.1, 0.15) is 79.4 Å². The SMILES string of the molecule is C=C(C)C(=O)OCCC(C)(C)Oc1ccc(C(C)(C)c2ccc(OC(C)(C)CCOC(=O)C(=C)C)cc2)cc1. The number of hydrogen-bond donors (Lipinski definition) is 0. The highest BCUT2D eigenvalue weighted by atomic mass is 16.5. The third-order valence-corrected chi connectivity index (χ3v) is 6.51. The summed E-state index contributed by atoms with van der Waals surface area (Å²) < 4.78 is 22.8. The first-order valence-electron chi connectivity index (χ1n) is 13.3. The molecule has 0 fully saturated rings. The van der Waals surface area contributed by atoms with Crippen LogP contribution in [0.2, 0.25) is 0 Å². The zero-order valence-electron chi connectivity index (χ0n) is 24.8. The van der Waals surface area contributed by atoms with E-state index in [-0.39, 0.29) is 30.6 Å². The first kappa shape index (κ1) is 31.7. The topological polar surface area (TPSA) is 71.1 Å². The molecular formula is C33H44O6. The lowest BCUT2D eigenvalue weighted by Gasteiger charge is -2.29. The second-order valence-electron chi connectivity index (χ2n) is 11.7. The van der Waals surface area contributed by atoms with E-state index in [0.29, 0.717) is 24.0 Å². The Balaban J connectivity index is 1.98. The molecule has 0 N–H and O–H groups in total. The molecule has 0 bridgehead atoms. The van der Waals surface area contributed by atoms with Crippen molar-refractivity contribution < 1.29 is 28.5 Å². The predicted octanol–water partition coefficient (Wildman–Crippen LogP) is 7.35. The largest absolute Gasteiger partial charge is 0.488 e. The summed E-state index contributed by atoms with van der Waals surface area (Å²) in [5.74, 6) is 0.737. The highest BCUT2D eigenvalue weighted by Crippen LogP contribution is 2.34. The lowest BCUT2D eigenvalue weighted by atomic mass is 9.78. The van der Waals surface area contributed by atoms with Crippen LogP contribution >= 0.6 is 0 Å². The zero-order valence-corrected chi connectivity index (χ0v) is 24.8. The standard InChI is InChI=1S/C33H44O6/c1-23(2)29(34)36-21-19-31(5,6)38-27-15-11-25(12-16-27)33(9,10)26-13-17-28(18-14-26)39-32(7,8)20-22-37-30(35)24(3)4/h11-18H,1,3,19-22H2,2,4-10H3. The summed E-state index contributed by atoms with van der Waals surface area (Å²) in [6, 6.07) is 16.2. The average Bonchev–Trinajstić information content (AvgIpc) is 2.83. The minimum atomic E-state index is -0.498. The summed E-state index contributed by atoms with van der Waals surface area (Å²) in [4.78, 5) is 23.2. The fourth-order valence-corrected chi connectivity index (χ4v) is 3.81. The quantitative estimate of drug-likeness (QED) is 0.186. The van der Waals surface area contributed by atoms with E-state index in [2.05, 4.69) is 51.3 Å². The van der Waals surface area contributed by atoms with E-state index in [1.165, 1.54) is 0 Å². The van der Waals surface area contributed by atoms with Crippen molar-refractivity contribution in [2.24, 2.45) is 0 Å². The molecule has 0 heterocycles. The van der Waals surface area contributed by atoms with E-state index < -0.39 is 11.2 Å². The monoisotopic (exact) mass is 536 g/mol. The molecule has 0 atom stereocenters. The van der Waals surface area contributed by atoms with Gasteiger partial charge in [0.15, 0.2) is 0 Å². The number of carbonyl (C=O) groups excluding carboxylic acids is 2. The van der Waals surface area contributed by atoms with Crippen molar-refractivity contribution in [2.75, 3.05) is 13.2 Å². The number of benzene rings is 2. The lowest BCUT2D eigenvalue weighted by Crippen LogP contribution is -2.30. The molecule has 2 aromatic rings. The second-order valence-corrected chi connectivity index (χ2v) is 11.7. The van der Waals surface area contributed by atoms with E-state index in [0.717, 1.165) is 22.6 Å². The Hall–Kier alpha value is -3.54.